The highest BCUT2D eigenvalue weighted by molar-refractivity contribution is 6.39. The molecular formula is C22H22F3N3O4. The maximum Gasteiger partial charge on any atom is 0.418 e. The van der Waals surface area contributed by atoms with Gasteiger partial charge < -0.3 is 20.0 Å². The van der Waals surface area contributed by atoms with Gasteiger partial charge in [0.1, 0.15) is 5.76 Å². The van der Waals surface area contributed by atoms with Crippen LogP contribution in [0.2, 0.25) is 0 Å². The molecule has 0 atom stereocenters. The molecule has 0 unspecified atom stereocenters. The number of para-hydroxylation sites is 1. The number of rotatable bonds is 5. The van der Waals surface area contributed by atoms with E-state index in [4.69, 9.17) is 4.42 Å². The van der Waals surface area contributed by atoms with Crippen molar-refractivity contribution in [2.45, 2.75) is 19.0 Å². The van der Waals surface area contributed by atoms with Crippen molar-refractivity contribution < 1.29 is 32.0 Å². The lowest BCUT2D eigenvalue weighted by atomic mass is 9.96. The number of nitrogens with zero attached hydrogens (tertiary/aromatic N) is 1. The van der Waals surface area contributed by atoms with Crippen LogP contribution >= 0.6 is 0 Å². The first-order valence-corrected chi connectivity index (χ1v) is 10.00. The Morgan fingerprint density at radius 3 is 2.44 bits per heavy atom. The summed E-state index contributed by atoms with van der Waals surface area (Å²) in [5, 5.41) is 4.47. The van der Waals surface area contributed by atoms with Crippen molar-refractivity contribution in [1.82, 2.24) is 10.2 Å². The number of hydrogen-bond donors (Lipinski definition) is 2. The fraction of sp³-hybridized carbons (Fsp3) is 0.318. The summed E-state index contributed by atoms with van der Waals surface area (Å²) in [5.41, 5.74) is -1.51. The Balaban J connectivity index is 1.43. The van der Waals surface area contributed by atoms with Crippen LogP contribution in [0.4, 0.5) is 18.9 Å². The van der Waals surface area contributed by atoms with Gasteiger partial charge in [-0.1, -0.05) is 12.1 Å². The van der Waals surface area contributed by atoms with Crippen molar-refractivity contribution in [3.8, 4) is 0 Å². The second-order valence-corrected chi connectivity index (χ2v) is 7.32. The molecule has 3 amide bonds. The molecule has 2 N–H and O–H groups in total. The second kappa shape index (κ2) is 10.2. The summed E-state index contributed by atoms with van der Waals surface area (Å²) in [6.07, 6.45) is 1.13. The molecule has 0 bridgehead atoms. The number of carbonyl (C=O) groups excluding carboxylic acids is 3. The van der Waals surface area contributed by atoms with Gasteiger partial charge in [0, 0.05) is 25.7 Å². The average Bonchev–Trinajstić information content (AvgIpc) is 3.29. The van der Waals surface area contributed by atoms with Gasteiger partial charge in [-0.2, -0.15) is 13.2 Å². The van der Waals surface area contributed by atoms with Crippen LogP contribution in [0.15, 0.2) is 53.2 Å². The number of carbonyl (C=O) groups is 3. The molecule has 170 valence electrons. The fourth-order valence-electron chi connectivity index (χ4n) is 3.34. The fourth-order valence-corrected chi connectivity index (χ4v) is 3.34. The molecule has 2 aromatic rings. The predicted octanol–water partition coefficient (Wildman–Crippen LogP) is 3.31. The van der Waals surface area contributed by atoms with Crippen molar-refractivity contribution in [3.63, 3.8) is 0 Å². The number of nitrogens with one attached hydrogen (secondary N) is 2. The van der Waals surface area contributed by atoms with Crippen LogP contribution in [0.1, 0.15) is 24.2 Å². The molecule has 1 aromatic heterocycles. The first-order chi connectivity index (χ1) is 15.2. The van der Waals surface area contributed by atoms with E-state index in [0.29, 0.717) is 31.7 Å². The molecule has 1 fully saturated rings. The highest BCUT2D eigenvalue weighted by Gasteiger charge is 2.34. The topological polar surface area (TPSA) is 91.7 Å². The molecule has 1 aliphatic heterocycles. The second-order valence-electron chi connectivity index (χ2n) is 7.32. The van der Waals surface area contributed by atoms with Gasteiger partial charge in [0.15, 0.2) is 0 Å². The van der Waals surface area contributed by atoms with Crippen molar-refractivity contribution in [1.29, 1.82) is 0 Å². The van der Waals surface area contributed by atoms with Crippen molar-refractivity contribution in [2.75, 3.05) is 25.0 Å². The van der Waals surface area contributed by atoms with Crippen molar-refractivity contribution >= 4 is 29.5 Å². The Morgan fingerprint density at radius 1 is 1.06 bits per heavy atom. The SMILES string of the molecule is O=C(NCC1CCN(C(=O)/C=C/c2ccco2)CC1)C(=O)Nc1ccccc1C(F)(F)F. The number of likely N-dealkylation sites (tertiary alicyclic amines) is 1. The highest BCUT2D eigenvalue weighted by Crippen LogP contribution is 2.34. The summed E-state index contributed by atoms with van der Waals surface area (Å²) in [4.78, 5) is 38.0. The van der Waals surface area contributed by atoms with E-state index in [1.165, 1.54) is 24.5 Å². The molecule has 1 aromatic carbocycles. The lowest BCUT2D eigenvalue weighted by Crippen LogP contribution is -2.43. The minimum atomic E-state index is -4.65. The maximum absolute atomic E-state index is 13.0. The van der Waals surface area contributed by atoms with E-state index in [-0.39, 0.29) is 18.4 Å². The van der Waals surface area contributed by atoms with Crippen LogP contribution in [-0.2, 0) is 20.6 Å². The maximum atomic E-state index is 13.0. The predicted molar refractivity (Wildman–Crippen MR) is 110 cm³/mol. The number of piperidine rings is 1. The van der Waals surface area contributed by atoms with Crippen LogP contribution in [0.25, 0.3) is 6.08 Å². The Hall–Kier alpha value is -3.56. The van der Waals surface area contributed by atoms with Crippen molar-refractivity contribution in [2.24, 2.45) is 5.92 Å². The molecule has 0 saturated carbocycles. The molecular weight excluding hydrogens is 427 g/mol. The van der Waals surface area contributed by atoms with E-state index in [0.717, 1.165) is 12.1 Å². The van der Waals surface area contributed by atoms with E-state index in [1.54, 1.807) is 23.1 Å². The van der Waals surface area contributed by atoms with Crippen LogP contribution in [0.5, 0.6) is 0 Å². The zero-order chi connectivity index (χ0) is 23.1. The lowest BCUT2D eigenvalue weighted by Gasteiger charge is -2.31. The van der Waals surface area contributed by atoms with Crippen LogP contribution < -0.4 is 10.6 Å². The van der Waals surface area contributed by atoms with Gasteiger partial charge in [-0.3, -0.25) is 14.4 Å². The summed E-state index contributed by atoms with van der Waals surface area (Å²) in [6.45, 7) is 1.18. The Kier molecular flexibility index (Phi) is 7.34. The van der Waals surface area contributed by atoms with Gasteiger partial charge in [0.05, 0.1) is 17.5 Å². The van der Waals surface area contributed by atoms with E-state index in [9.17, 15) is 27.6 Å². The smallest absolute Gasteiger partial charge is 0.418 e. The number of furan rings is 1. The van der Waals surface area contributed by atoms with Gasteiger partial charge in [0.2, 0.25) is 5.91 Å². The lowest BCUT2D eigenvalue weighted by molar-refractivity contribution is -0.138. The molecule has 0 radical (unpaired) electrons. The molecule has 10 heteroatoms. The third-order valence-corrected chi connectivity index (χ3v) is 5.10. The van der Waals surface area contributed by atoms with Gasteiger partial charge >= 0.3 is 18.0 Å². The zero-order valence-electron chi connectivity index (χ0n) is 17.0. The molecule has 1 saturated heterocycles. The minimum absolute atomic E-state index is 0.0484. The largest absolute Gasteiger partial charge is 0.465 e. The van der Waals surface area contributed by atoms with E-state index < -0.39 is 29.2 Å². The standard InChI is InChI=1S/C22H22F3N3O4/c23-22(24,25)17-5-1-2-6-18(17)27-21(31)20(30)26-14-15-9-11-28(12-10-15)19(29)8-7-16-4-3-13-32-16/h1-8,13,15H,9-12,14H2,(H,26,30)(H,27,31)/b8-7+. The van der Waals surface area contributed by atoms with Crippen LogP contribution in [-0.4, -0.2) is 42.3 Å². The van der Waals surface area contributed by atoms with Crippen LogP contribution in [0, 0.1) is 5.92 Å². The third-order valence-electron chi connectivity index (χ3n) is 5.10. The van der Waals surface area contributed by atoms with Gasteiger partial charge in [0.25, 0.3) is 0 Å². The Labute approximate surface area is 182 Å². The molecule has 3 rings (SSSR count). The molecule has 0 spiro atoms. The molecule has 2 heterocycles. The Bertz CT molecular complexity index is 979. The van der Waals surface area contributed by atoms with E-state index >= 15 is 0 Å². The van der Waals surface area contributed by atoms with E-state index in [2.05, 4.69) is 5.32 Å². The quantitative estimate of drug-likeness (QED) is 0.541. The molecule has 7 nitrogen and oxygen atoms in total. The number of halogens is 3. The summed E-state index contributed by atoms with van der Waals surface area (Å²) < 4.78 is 44.2. The van der Waals surface area contributed by atoms with Crippen molar-refractivity contribution in [3.05, 3.63) is 60.1 Å². The molecule has 1 aliphatic rings. The normalized spacial score (nSPS) is 15.0. The number of alkyl halides is 3. The van der Waals surface area contributed by atoms with Gasteiger partial charge in [-0.15, -0.1) is 0 Å². The molecule has 0 aliphatic carbocycles. The van der Waals surface area contributed by atoms with Crippen LogP contribution in [0.3, 0.4) is 0 Å². The monoisotopic (exact) mass is 449 g/mol. The number of benzene rings is 1. The Morgan fingerprint density at radius 2 is 1.78 bits per heavy atom. The molecule has 32 heavy (non-hydrogen) atoms. The number of amides is 3. The summed E-state index contributed by atoms with van der Waals surface area (Å²) in [7, 11) is 0. The summed E-state index contributed by atoms with van der Waals surface area (Å²) in [6, 6.07) is 7.90. The minimum Gasteiger partial charge on any atom is -0.465 e. The highest BCUT2D eigenvalue weighted by atomic mass is 19.4. The summed E-state index contributed by atoms with van der Waals surface area (Å²) >= 11 is 0. The third kappa shape index (κ3) is 6.22. The first kappa shape index (κ1) is 23.1. The van der Waals surface area contributed by atoms with Gasteiger partial charge in [-0.05, 0) is 49.1 Å². The van der Waals surface area contributed by atoms with E-state index in [1.807, 2.05) is 5.32 Å². The zero-order valence-corrected chi connectivity index (χ0v) is 17.0. The van der Waals surface area contributed by atoms with Gasteiger partial charge in [-0.25, -0.2) is 0 Å². The number of hydrogen-bond acceptors (Lipinski definition) is 4. The first-order valence-electron chi connectivity index (χ1n) is 10.00. The average molecular weight is 449 g/mol. The summed E-state index contributed by atoms with van der Waals surface area (Å²) in [5.74, 6) is -1.70. The number of anilines is 1.